The molecule has 0 unspecified atom stereocenters. The van der Waals surface area contributed by atoms with Crippen molar-refractivity contribution in [1.82, 2.24) is 19.7 Å². The molecule has 0 saturated carbocycles. The summed E-state index contributed by atoms with van der Waals surface area (Å²) in [6.07, 6.45) is 2.81. The lowest BCUT2D eigenvalue weighted by molar-refractivity contribution is 0.415. The van der Waals surface area contributed by atoms with Crippen LogP contribution >= 0.6 is 11.3 Å². The number of nitrogens with zero attached hydrogens (tertiary/aromatic N) is 3. The van der Waals surface area contributed by atoms with Crippen molar-refractivity contribution in [3.05, 3.63) is 100 Å². The summed E-state index contributed by atoms with van der Waals surface area (Å²) < 4.78 is 7.87. The Morgan fingerprint density at radius 3 is 2.65 bits per heavy atom. The van der Waals surface area contributed by atoms with Crippen LogP contribution in [0.2, 0.25) is 0 Å². The maximum absolute atomic E-state index is 13.8. The zero-order chi connectivity index (χ0) is 25.4. The number of aromatic nitrogens is 4. The summed E-state index contributed by atoms with van der Waals surface area (Å²) >= 11 is 1.47. The Hall–Kier alpha value is -4.43. The number of hydrogen-bond donors (Lipinski definition) is 2. The first-order chi connectivity index (χ1) is 18.1. The summed E-state index contributed by atoms with van der Waals surface area (Å²) in [6.45, 7) is 2.47. The Bertz CT molecular complexity index is 1770. The third-order valence-corrected chi connectivity index (χ3v) is 7.53. The van der Waals surface area contributed by atoms with E-state index in [2.05, 4.69) is 22.2 Å². The van der Waals surface area contributed by atoms with Crippen molar-refractivity contribution in [2.24, 2.45) is 4.99 Å². The highest BCUT2D eigenvalue weighted by Gasteiger charge is 2.21. The Balaban J connectivity index is 1.39. The molecular formula is C29H25N5O2S. The molecule has 0 spiro atoms. The summed E-state index contributed by atoms with van der Waals surface area (Å²) in [6, 6.07) is 23.8. The lowest BCUT2D eigenvalue weighted by Gasteiger charge is -2.05. The van der Waals surface area contributed by atoms with E-state index in [-0.39, 0.29) is 5.56 Å². The van der Waals surface area contributed by atoms with Crippen LogP contribution in [0.25, 0.3) is 37.5 Å². The molecule has 3 aromatic carbocycles. The highest BCUT2D eigenvalue weighted by atomic mass is 32.1. The number of rotatable bonds is 7. The van der Waals surface area contributed by atoms with Gasteiger partial charge in [-0.1, -0.05) is 41.7 Å². The minimum Gasteiger partial charge on any atom is -0.497 e. The number of thiazole rings is 1. The van der Waals surface area contributed by atoms with Crippen molar-refractivity contribution in [2.45, 2.75) is 13.3 Å². The average molecular weight is 508 g/mol. The van der Waals surface area contributed by atoms with Gasteiger partial charge in [-0.25, -0.2) is 4.98 Å². The normalized spacial score (nSPS) is 12.0. The zero-order valence-electron chi connectivity index (χ0n) is 20.5. The van der Waals surface area contributed by atoms with Gasteiger partial charge in [0.2, 0.25) is 5.13 Å². The van der Waals surface area contributed by atoms with Crippen LogP contribution in [0.15, 0.2) is 88.8 Å². The number of fused-ring (bicyclic) bond motifs is 2. The molecule has 2 N–H and O–H groups in total. The molecule has 0 bridgehead atoms. The number of aromatic amines is 2. The van der Waals surface area contributed by atoms with E-state index in [9.17, 15) is 4.79 Å². The van der Waals surface area contributed by atoms with E-state index in [1.165, 1.54) is 27.0 Å². The van der Waals surface area contributed by atoms with Crippen LogP contribution in [0.5, 0.6) is 5.75 Å². The van der Waals surface area contributed by atoms with Crippen LogP contribution in [0.4, 0.5) is 0 Å². The van der Waals surface area contributed by atoms with E-state index < -0.39 is 0 Å². The van der Waals surface area contributed by atoms with Crippen molar-refractivity contribution in [2.75, 3.05) is 13.7 Å². The molecule has 0 aliphatic rings. The van der Waals surface area contributed by atoms with Gasteiger partial charge in [-0.2, -0.15) is 4.68 Å². The van der Waals surface area contributed by atoms with E-state index >= 15 is 0 Å². The fourth-order valence-corrected chi connectivity index (χ4v) is 5.52. The van der Waals surface area contributed by atoms with E-state index in [1.54, 1.807) is 7.11 Å². The van der Waals surface area contributed by atoms with E-state index in [1.807, 2.05) is 73.8 Å². The lowest BCUT2D eigenvalue weighted by atomic mass is 10.0. The third kappa shape index (κ3) is 4.25. The molecule has 184 valence electrons. The second-order valence-corrected chi connectivity index (χ2v) is 9.78. The lowest BCUT2D eigenvalue weighted by Crippen LogP contribution is -2.19. The zero-order valence-corrected chi connectivity index (χ0v) is 21.3. The third-order valence-electron chi connectivity index (χ3n) is 6.51. The van der Waals surface area contributed by atoms with Gasteiger partial charge >= 0.3 is 0 Å². The summed E-state index contributed by atoms with van der Waals surface area (Å²) in [4.78, 5) is 26.6. The molecular weight excluding hydrogens is 482 g/mol. The minimum atomic E-state index is -0.168. The Labute approximate surface area is 217 Å². The molecule has 6 rings (SSSR count). The van der Waals surface area contributed by atoms with E-state index in [0.29, 0.717) is 28.6 Å². The molecule has 0 fully saturated rings. The van der Waals surface area contributed by atoms with Gasteiger partial charge < -0.3 is 9.72 Å². The number of aliphatic imine (C=N–C) groups is 1. The number of methoxy groups -OCH3 is 1. The molecule has 7 nitrogen and oxygen atoms in total. The van der Waals surface area contributed by atoms with Gasteiger partial charge in [0.15, 0.2) is 0 Å². The molecule has 8 heteroatoms. The largest absolute Gasteiger partial charge is 0.497 e. The van der Waals surface area contributed by atoms with Gasteiger partial charge in [0.05, 0.1) is 28.6 Å². The predicted octanol–water partition coefficient (Wildman–Crippen LogP) is 5.98. The number of hydrogen-bond acceptors (Lipinski definition) is 5. The summed E-state index contributed by atoms with van der Waals surface area (Å²) in [5, 5.41) is 5.11. The van der Waals surface area contributed by atoms with Gasteiger partial charge in [0.25, 0.3) is 5.56 Å². The molecule has 0 aliphatic heterocycles. The van der Waals surface area contributed by atoms with Crippen LogP contribution in [0, 0.1) is 0 Å². The van der Waals surface area contributed by atoms with Crippen molar-refractivity contribution in [1.29, 1.82) is 0 Å². The molecule has 37 heavy (non-hydrogen) atoms. The van der Waals surface area contributed by atoms with Gasteiger partial charge in [-0.05, 0) is 61.4 Å². The Morgan fingerprint density at radius 2 is 1.84 bits per heavy atom. The van der Waals surface area contributed by atoms with Gasteiger partial charge in [-0.15, -0.1) is 0 Å². The first kappa shape index (κ1) is 23.0. The van der Waals surface area contributed by atoms with Crippen molar-refractivity contribution < 1.29 is 4.74 Å². The standard InChI is InChI=1S/C29H25N5O2S/c1-18(30-16-15-20-17-31-23-8-4-3-7-22(20)23)26-27(19-11-13-21(36-2)14-12-19)33-34(28(26)35)29-32-24-9-5-6-10-25(24)37-29/h3-14,17,31,33H,15-16H2,1-2H3. The maximum Gasteiger partial charge on any atom is 0.283 e. The maximum atomic E-state index is 13.8. The number of nitrogens with one attached hydrogen (secondary N) is 2. The first-order valence-corrected chi connectivity index (χ1v) is 12.9. The van der Waals surface area contributed by atoms with Crippen LogP contribution in [0.3, 0.4) is 0 Å². The van der Waals surface area contributed by atoms with Gasteiger partial charge in [0, 0.05) is 34.9 Å². The Morgan fingerprint density at radius 1 is 1.05 bits per heavy atom. The summed E-state index contributed by atoms with van der Waals surface area (Å²) in [7, 11) is 1.64. The minimum absolute atomic E-state index is 0.168. The van der Waals surface area contributed by atoms with Crippen LogP contribution < -0.4 is 10.3 Å². The van der Waals surface area contributed by atoms with E-state index in [4.69, 9.17) is 14.7 Å². The molecule has 3 heterocycles. The van der Waals surface area contributed by atoms with E-state index in [0.717, 1.165) is 33.5 Å². The van der Waals surface area contributed by atoms with Crippen molar-refractivity contribution in [3.63, 3.8) is 0 Å². The van der Waals surface area contributed by atoms with Crippen molar-refractivity contribution >= 4 is 38.2 Å². The SMILES string of the molecule is COc1ccc(-c2[nH]n(-c3nc4ccccc4s3)c(=O)c2C(C)=NCCc2c[nH]c3ccccc23)cc1. The molecule has 6 aromatic rings. The van der Waals surface area contributed by atoms with Crippen LogP contribution in [0.1, 0.15) is 18.1 Å². The topological polar surface area (TPSA) is 88.1 Å². The second kappa shape index (κ2) is 9.55. The van der Waals surface area contributed by atoms with Gasteiger partial charge in [0.1, 0.15) is 5.75 Å². The molecule has 0 saturated heterocycles. The predicted molar refractivity (Wildman–Crippen MR) is 151 cm³/mol. The highest BCUT2D eigenvalue weighted by Crippen LogP contribution is 2.27. The number of benzene rings is 3. The summed E-state index contributed by atoms with van der Waals surface area (Å²) in [5.41, 5.74) is 5.83. The highest BCUT2D eigenvalue weighted by molar-refractivity contribution is 7.20. The number of H-pyrrole nitrogens is 2. The molecule has 3 aromatic heterocycles. The Kier molecular flexibility index (Phi) is 5.94. The molecule has 0 radical (unpaired) electrons. The fraction of sp³-hybridized carbons (Fsp3) is 0.138. The fourth-order valence-electron chi connectivity index (χ4n) is 4.59. The van der Waals surface area contributed by atoms with Crippen LogP contribution in [-0.4, -0.2) is 39.1 Å². The van der Waals surface area contributed by atoms with Crippen molar-refractivity contribution in [3.8, 4) is 22.1 Å². The molecule has 0 aliphatic carbocycles. The monoisotopic (exact) mass is 507 g/mol. The first-order valence-electron chi connectivity index (χ1n) is 12.0. The quantitative estimate of drug-likeness (QED) is 0.260. The molecule has 0 amide bonds. The smallest absolute Gasteiger partial charge is 0.283 e. The average Bonchev–Trinajstić information content (AvgIpc) is 3.63. The summed E-state index contributed by atoms with van der Waals surface area (Å²) in [5.74, 6) is 0.752. The second-order valence-electron chi connectivity index (χ2n) is 8.77. The van der Waals surface area contributed by atoms with Crippen LogP contribution in [-0.2, 0) is 6.42 Å². The molecule has 0 atom stereocenters. The number of para-hydroxylation sites is 2. The number of ether oxygens (including phenoxy) is 1. The van der Waals surface area contributed by atoms with Gasteiger partial charge in [-0.3, -0.25) is 14.9 Å².